The van der Waals surface area contributed by atoms with Crippen LogP contribution in [0.25, 0.3) is 0 Å². The first-order valence-corrected chi connectivity index (χ1v) is 10.9. The van der Waals surface area contributed by atoms with Crippen molar-refractivity contribution in [3.63, 3.8) is 0 Å². The Kier molecular flexibility index (Phi) is 9.24. The summed E-state index contributed by atoms with van der Waals surface area (Å²) < 4.78 is 6.06. The minimum Gasteiger partial charge on any atom is -0.377 e. The third-order valence-electron chi connectivity index (χ3n) is 4.95. The Hall–Kier alpha value is -1.79. The first-order chi connectivity index (χ1) is 13.8. The zero-order valence-electron chi connectivity index (χ0n) is 18.1. The molecule has 1 saturated heterocycles. The van der Waals surface area contributed by atoms with E-state index in [4.69, 9.17) is 21.3 Å². The fourth-order valence-corrected chi connectivity index (χ4v) is 3.86. The lowest BCUT2D eigenvalue weighted by Crippen LogP contribution is -2.44. The second kappa shape index (κ2) is 11.4. The highest BCUT2D eigenvalue weighted by Crippen LogP contribution is 2.34. The first-order valence-electron chi connectivity index (χ1n) is 10.5. The van der Waals surface area contributed by atoms with Crippen molar-refractivity contribution >= 4 is 23.5 Å². The molecule has 6 nitrogen and oxygen atoms in total. The van der Waals surface area contributed by atoms with Gasteiger partial charge in [-0.15, -0.1) is 0 Å². The van der Waals surface area contributed by atoms with E-state index < -0.39 is 0 Å². The number of benzene rings is 1. The Morgan fingerprint density at radius 1 is 1.21 bits per heavy atom. The number of guanidine groups is 1. The number of nitrogens with zero attached hydrogens (tertiary/aromatic N) is 1. The van der Waals surface area contributed by atoms with E-state index in [0.29, 0.717) is 29.6 Å². The van der Waals surface area contributed by atoms with Crippen molar-refractivity contribution in [2.45, 2.75) is 46.6 Å². The van der Waals surface area contributed by atoms with Gasteiger partial charge in [-0.25, -0.2) is 0 Å². The van der Waals surface area contributed by atoms with Crippen LogP contribution in [0, 0.1) is 11.3 Å². The summed E-state index contributed by atoms with van der Waals surface area (Å²) in [5.41, 5.74) is 0.593. The second-order valence-corrected chi connectivity index (χ2v) is 8.85. The van der Waals surface area contributed by atoms with E-state index in [1.807, 2.05) is 6.92 Å². The molecule has 29 heavy (non-hydrogen) atoms. The quantitative estimate of drug-likeness (QED) is 0.357. The molecule has 0 radical (unpaired) electrons. The minimum absolute atomic E-state index is 0.107. The maximum absolute atomic E-state index is 12.2. The van der Waals surface area contributed by atoms with Crippen LogP contribution in [0.3, 0.4) is 0 Å². The topological polar surface area (TPSA) is 74.8 Å². The van der Waals surface area contributed by atoms with E-state index >= 15 is 0 Å². The molecule has 1 aliphatic rings. The van der Waals surface area contributed by atoms with Crippen LogP contribution in [-0.2, 0) is 4.74 Å². The van der Waals surface area contributed by atoms with Gasteiger partial charge in [-0.3, -0.25) is 9.79 Å². The fourth-order valence-electron chi connectivity index (χ4n) is 3.64. The molecule has 0 spiro atoms. The number of carbonyl (C=O) groups is 1. The zero-order valence-corrected chi connectivity index (χ0v) is 18.8. The molecule has 0 aliphatic carbocycles. The third kappa shape index (κ3) is 7.52. The molecule has 0 aromatic heterocycles. The first kappa shape index (κ1) is 23.5. The molecule has 162 valence electrons. The number of halogens is 1. The van der Waals surface area contributed by atoms with Gasteiger partial charge in [0.15, 0.2) is 5.96 Å². The molecule has 2 rings (SSSR count). The SMILES string of the molecule is CCNC(=NCC1CCCOC1C(C)(C)C)NCCNC(=O)c1ccccc1Cl. The predicted molar refractivity (Wildman–Crippen MR) is 120 cm³/mol. The van der Waals surface area contributed by atoms with Crippen molar-refractivity contribution in [3.8, 4) is 0 Å². The Bertz CT molecular complexity index is 688. The average molecular weight is 423 g/mol. The maximum atomic E-state index is 12.2. The van der Waals surface area contributed by atoms with Crippen LogP contribution in [0.2, 0.25) is 5.02 Å². The molecular weight excluding hydrogens is 388 g/mol. The van der Waals surface area contributed by atoms with E-state index in [1.165, 1.54) is 0 Å². The van der Waals surface area contributed by atoms with Crippen LogP contribution in [0.1, 0.15) is 50.9 Å². The number of amides is 1. The molecule has 1 aliphatic heterocycles. The Morgan fingerprint density at radius 2 is 1.93 bits per heavy atom. The van der Waals surface area contributed by atoms with Crippen LogP contribution in [0.4, 0.5) is 0 Å². The standard InChI is InChI=1S/C22H35ClN4O2/c1-5-24-21(27-15-16-9-8-14-29-19(16)22(2,3)4)26-13-12-25-20(28)17-10-6-7-11-18(17)23/h6-7,10-11,16,19H,5,8-9,12-15H2,1-4H3,(H,25,28)(H2,24,26,27). The third-order valence-corrected chi connectivity index (χ3v) is 5.28. The van der Waals surface area contributed by atoms with Gasteiger partial charge in [0.05, 0.1) is 16.7 Å². The smallest absolute Gasteiger partial charge is 0.252 e. The lowest BCUT2D eigenvalue weighted by Gasteiger charge is -2.39. The highest BCUT2D eigenvalue weighted by atomic mass is 35.5. The van der Waals surface area contributed by atoms with Crippen LogP contribution in [0.5, 0.6) is 0 Å². The summed E-state index contributed by atoms with van der Waals surface area (Å²) in [6.45, 7) is 12.1. The normalized spacial score (nSPS) is 20.2. The van der Waals surface area contributed by atoms with Gasteiger partial charge in [0.2, 0.25) is 0 Å². The Labute approximate surface area is 179 Å². The number of nitrogens with one attached hydrogen (secondary N) is 3. The van der Waals surface area contributed by atoms with Crippen LogP contribution in [-0.4, -0.2) is 50.8 Å². The minimum atomic E-state index is -0.174. The lowest BCUT2D eigenvalue weighted by atomic mass is 9.78. The summed E-state index contributed by atoms with van der Waals surface area (Å²) >= 11 is 6.07. The van der Waals surface area contributed by atoms with E-state index in [1.54, 1.807) is 24.3 Å². The Morgan fingerprint density at radius 3 is 2.62 bits per heavy atom. The maximum Gasteiger partial charge on any atom is 0.252 e. The van der Waals surface area contributed by atoms with Gasteiger partial charge in [-0.05, 0) is 37.3 Å². The van der Waals surface area contributed by atoms with Gasteiger partial charge >= 0.3 is 0 Å². The average Bonchev–Trinajstić information content (AvgIpc) is 2.69. The zero-order chi connectivity index (χ0) is 21.3. The molecule has 1 heterocycles. The van der Waals surface area contributed by atoms with Crippen LogP contribution < -0.4 is 16.0 Å². The fraction of sp³-hybridized carbons (Fsp3) is 0.636. The van der Waals surface area contributed by atoms with Crippen molar-refractivity contribution < 1.29 is 9.53 Å². The Balaban J connectivity index is 1.84. The number of carbonyl (C=O) groups excluding carboxylic acids is 1. The molecule has 1 aromatic carbocycles. The molecule has 2 atom stereocenters. The largest absolute Gasteiger partial charge is 0.377 e. The monoisotopic (exact) mass is 422 g/mol. The van der Waals surface area contributed by atoms with Gasteiger partial charge in [0.1, 0.15) is 0 Å². The molecule has 1 amide bonds. The molecular formula is C22H35ClN4O2. The van der Waals surface area contributed by atoms with Crippen molar-refractivity contribution in [1.29, 1.82) is 0 Å². The van der Waals surface area contributed by atoms with E-state index in [2.05, 4.69) is 36.7 Å². The van der Waals surface area contributed by atoms with Crippen molar-refractivity contribution in [2.24, 2.45) is 16.3 Å². The number of ether oxygens (including phenoxy) is 1. The van der Waals surface area contributed by atoms with Gasteiger partial charge in [0.25, 0.3) is 5.91 Å². The summed E-state index contributed by atoms with van der Waals surface area (Å²) in [4.78, 5) is 17.0. The summed E-state index contributed by atoms with van der Waals surface area (Å²) in [7, 11) is 0. The van der Waals surface area contributed by atoms with Gasteiger partial charge in [0, 0.05) is 38.7 Å². The predicted octanol–water partition coefficient (Wildman–Crippen LogP) is 3.47. The lowest BCUT2D eigenvalue weighted by molar-refractivity contribution is -0.0823. The molecule has 0 bridgehead atoms. The number of aliphatic imine (C=N–C) groups is 1. The van der Waals surface area contributed by atoms with E-state index in [0.717, 1.165) is 38.5 Å². The molecule has 7 heteroatoms. The second-order valence-electron chi connectivity index (χ2n) is 8.44. The molecule has 1 fully saturated rings. The van der Waals surface area contributed by atoms with Gasteiger partial charge in [-0.2, -0.15) is 0 Å². The van der Waals surface area contributed by atoms with Gasteiger partial charge in [-0.1, -0.05) is 44.5 Å². The summed E-state index contributed by atoms with van der Waals surface area (Å²) in [5, 5.41) is 9.89. The van der Waals surface area contributed by atoms with Crippen LogP contribution in [0.15, 0.2) is 29.3 Å². The van der Waals surface area contributed by atoms with Crippen molar-refractivity contribution in [3.05, 3.63) is 34.9 Å². The van der Waals surface area contributed by atoms with Gasteiger partial charge < -0.3 is 20.7 Å². The molecule has 1 aromatic rings. The van der Waals surface area contributed by atoms with Crippen LogP contribution >= 0.6 is 11.6 Å². The number of rotatable bonds is 7. The number of hydrogen-bond donors (Lipinski definition) is 3. The summed E-state index contributed by atoms with van der Waals surface area (Å²) in [6.07, 6.45) is 2.45. The molecule has 3 N–H and O–H groups in total. The summed E-state index contributed by atoms with van der Waals surface area (Å²) in [5.74, 6) is 1.00. The van der Waals surface area contributed by atoms with Crippen molar-refractivity contribution in [1.82, 2.24) is 16.0 Å². The van der Waals surface area contributed by atoms with E-state index in [-0.39, 0.29) is 17.4 Å². The summed E-state index contributed by atoms with van der Waals surface area (Å²) in [6, 6.07) is 7.04. The molecule has 0 saturated carbocycles. The molecule has 2 unspecified atom stereocenters. The highest BCUT2D eigenvalue weighted by Gasteiger charge is 2.35. The van der Waals surface area contributed by atoms with E-state index in [9.17, 15) is 4.79 Å². The highest BCUT2D eigenvalue weighted by molar-refractivity contribution is 6.33. The van der Waals surface area contributed by atoms with Crippen molar-refractivity contribution in [2.75, 3.05) is 32.8 Å². The number of hydrogen-bond acceptors (Lipinski definition) is 3.